The molecule has 3 rings (SSSR count). The molecule has 2 aromatic rings. The Hall–Kier alpha value is -2.73. The minimum atomic E-state index is -0.449. The Bertz CT molecular complexity index is 795. The highest BCUT2D eigenvalue weighted by Gasteiger charge is 2.33. The number of nitrogens with one attached hydrogen (secondary N) is 1. The smallest absolute Gasteiger partial charge is 0.237 e. The maximum atomic E-state index is 13.2. The maximum Gasteiger partial charge on any atom is 0.237 e. The fraction of sp³-hybridized carbons (Fsp3) is 0.435. The first kappa shape index (κ1) is 21.0. The van der Waals surface area contributed by atoms with E-state index in [-0.39, 0.29) is 18.2 Å². The molecule has 1 fully saturated rings. The molecule has 6 heteroatoms. The van der Waals surface area contributed by atoms with Crippen molar-refractivity contribution in [1.29, 1.82) is 0 Å². The van der Waals surface area contributed by atoms with Crippen LogP contribution in [0.4, 0.5) is 0 Å². The van der Waals surface area contributed by atoms with Crippen LogP contribution in [0.1, 0.15) is 31.5 Å². The Kier molecular flexibility index (Phi) is 7.36. The van der Waals surface area contributed by atoms with Gasteiger partial charge in [0.05, 0.1) is 24.7 Å². The molecule has 0 radical (unpaired) electrons. The van der Waals surface area contributed by atoms with Crippen LogP contribution >= 0.6 is 0 Å². The lowest BCUT2D eigenvalue weighted by atomic mass is 10.1. The van der Waals surface area contributed by atoms with Crippen molar-refractivity contribution in [2.45, 2.75) is 39.4 Å². The van der Waals surface area contributed by atoms with E-state index in [0.29, 0.717) is 32.1 Å². The zero-order valence-electron chi connectivity index (χ0n) is 17.3. The molecule has 2 heterocycles. The van der Waals surface area contributed by atoms with Crippen LogP contribution in [0, 0.1) is 5.92 Å². The van der Waals surface area contributed by atoms with Crippen molar-refractivity contribution < 1.29 is 9.59 Å². The first-order valence-corrected chi connectivity index (χ1v) is 10.3. The summed E-state index contributed by atoms with van der Waals surface area (Å²) in [5.41, 5.74) is 2.00. The second-order valence-corrected chi connectivity index (χ2v) is 7.96. The molecule has 0 bridgehead atoms. The van der Waals surface area contributed by atoms with E-state index >= 15 is 0 Å². The van der Waals surface area contributed by atoms with Crippen LogP contribution in [0.3, 0.4) is 0 Å². The minimum absolute atomic E-state index is 0.00975. The van der Waals surface area contributed by atoms with E-state index in [1.54, 1.807) is 6.20 Å². The quantitative estimate of drug-likeness (QED) is 0.747. The summed E-state index contributed by atoms with van der Waals surface area (Å²) in [5.74, 6) is 0.260. The normalized spacial score (nSPS) is 17.2. The van der Waals surface area contributed by atoms with Gasteiger partial charge in [-0.15, -0.1) is 0 Å². The number of carbonyl (C=O) groups excluding carboxylic acids is 2. The van der Waals surface area contributed by atoms with Crippen molar-refractivity contribution in [3.05, 3.63) is 66.0 Å². The fourth-order valence-electron chi connectivity index (χ4n) is 3.67. The Morgan fingerprint density at radius 2 is 1.97 bits per heavy atom. The first-order chi connectivity index (χ1) is 14.0. The molecule has 154 valence electrons. The standard InChI is InChI=1S/C23H30N4O2/c1-18(2)15-27(17-20-10-6-7-11-24-20)22(28)14-21-23(29)25-12-13-26(21)16-19-8-4-3-5-9-19/h3-11,18,21H,12-17H2,1-2H3,(H,25,29)/t21-/m1/s1. The summed E-state index contributed by atoms with van der Waals surface area (Å²) in [6.07, 6.45) is 1.92. The molecule has 0 saturated carbocycles. The predicted octanol–water partition coefficient (Wildman–Crippen LogP) is 2.46. The van der Waals surface area contributed by atoms with E-state index in [9.17, 15) is 9.59 Å². The predicted molar refractivity (Wildman–Crippen MR) is 113 cm³/mol. The molecule has 0 spiro atoms. The molecule has 6 nitrogen and oxygen atoms in total. The van der Waals surface area contributed by atoms with Crippen molar-refractivity contribution in [1.82, 2.24) is 20.1 Å². The van der Waals surface area contributed by atoms with Gasteiger partial charge in [-0.05, 0) is 23.6 Å². The number of amides is 2. The van der Waals surface area contributed by atoms with E-state index in [1.165, 1.54) is 0 Å². The molecule has 1 atom stereocenters. The molecule has 1 saturated heterocycles. The third-order valence-electron chi connectivity index (χ3n) is 5.06. The van der Waals surface area contributed by atoms with Gasteiger partial charge < -0.3 is 10.2 Å². The van der Waals surface area contributed by atoms with Crippen molar-refractivity contribution in [3.8, 4) is 0 Å². The zero-order chi connectivity index (χ0) is 20.6. The summed E-state index contributed by atoms with van der Waals surface area (Å²) < 4.78 is 0. The molecule has 2 amide bonds. The van der Waals surface area contributed by atoms with E-state index < -0.39 is 6.04 Å². The fourth-order valence-corrected chi connectivity index (χ4v) is 3.67. The van der Waals surface area contributed by atoms with E-state index in [2.05, 4.69) is 41.2 Å². The zero-order valence-corrected chi connectivity index (χ0v) is 17.3. The molecule has 29 heavy (non-hydrogen) atoms. The second-order valence-electron chi connectivity index (χ2n) is 7.96. The summed E-state index contributed by atoms with van der Waals surface area (Å²) in [5, 5.41) is 2.92. The van der Waals surface area contributed by atoms with Gasteiger partial charge in [0.25, 0.3) is 0 Å². The van der Waals surface area contributed by atoms with E-state index in [4.69, 9.17) is 0 Å². The number of hydrogen-bond acceptors (Lipinski definition) is 4. The summed E-state index contributed by atoms with van der Waals surface area (Å²) in [7, 11) is 0. The van der Waals surface area contributed by atoms with Crippen molar-refractivity contribution in [3.63, 3.8) is 0 Å². The minimum Gasteiger partial charge on any atom is -0.353 e. The highest BCUT2D eigenvalue weighted by Crippen LogP contribution is 2.16. The summed E-state index contributed by atoms with van der Waals surface area (Å²) in [4.78, 5) is 34.1. The molecule has 1 aliphatic rings. The second kappa shape index (κ2) is 10.2. The maximum absolute atomic E-state index is 13.2. The Labute approximate surface area is 172 Å². The average Bonchev–Trinajstić information content (AvgIpc) is 2.71. The summed E-state index contributed by atoms with van der Waals surface area (Å²) in [6, 6.07) is 15.4. The van der Waals surface area contributed by atoms with Crippen LogP contribution in [0.25, 0.3) is 0 Å². The average molecular weight is 395 g/mol. The highest BCUT2D eigenvalue weighted by molar-refractivity contribution is 5.88. The van der Waals surface area contributed by atoms with Gasteiger partial charge in [-0.25, -0.2) is 0 Å². The Balaban J connectivity index is 1.71. The third kappa shape index (κ3) is 6.12. The van der Waals surface area contributed by atoms with Crippen LogP contribution in [0.5, 0.6) is 0 Å². The van der Waals surface area contributed by atoms with Crippen LogP contribution < -0.4 is 5.32 Å². The van der Waals surface area contributed by atoms with Crippen molar-refractivity contribution >= 4 is 11.8 Å². The number of rotatable bonds is 8. The monoisotopic (exact) mass is 394 g/mol. The van der Waals surface area contributed by atoms with Crippen LogP contribution in [0.15, 0.2) is 54.7 Å². The molecule has 1 aromatic carbocycles. The van der Waals surface area contributed by atoms with Crippen LogP contribution in [0.2, 0.25) is 0 Å². The molecule has 1 aromatic heterocycles. The van der Waals surface area contributed by atoms with Crippen LogP contribution in [-0.2, 0) is 22.7 Å². The number of hydrogen-bond donors (Lipinski definition) is 1. The van der Waals surface area contributed by atoms with Gasteiger partial charge in [-0.2, -0.15) is 0 Å². The number of benzene rings is 1. The van der Waals surface area contributed by atoms with Gasteiger partial charge in [-0.1, -0.05) is 50.2 Å². The van der Waals surface area contributed by atoms with Gasteiger partial charge in [-0.3, -0.25) is 19.5 Å². The number of pyridine rings is 1. The van der Waals surface area contributed by atoms with E-state index in [1.807, 2.05) is 41.3 Å². The third-order valence-corrected chi connectivity index (χ3v) is 5.06. The first-order valence-electron chi connectivity index (χ1n) is 10.3. The van der Waals surface area contributed by atoms with Crippen molar-refractivity contribution in [2.24, 2.45) is 5.92 Å². The van der Waals surface area contributed by atoms with Gasteiger partial charge in [0, 0.05) is 32.4 Å². The number of nitrogens with zero attached hydrogens (tertiary/aromatic N) is 3. The van der Waals surface area contributed by atoms with Gasteiger partial charge in [0.2, 0.25) is 11.8 Å². The molecular weight excluding hydrogens is 364 g/mol. The van der Waals surface area contributed by atoms with E-state index in [0.717, 1.165) is 17.8 Å². The Morgan fingerprint density at radius 3 is 2.66 bits per heavy atom. The topological polar surface area (TPSA) is 65.5 Å². The molecule has 1 aliphatic heterocycles. The number of piperazine rings is 1. The highest BCUT2D eigenvalue weighted by atomic mass is 16.2. The van der Waals surface area contributed by atoms with Gasteiger partial charge in [0.15, 0.2) is 0 Å². The van der Waals surface area contributed by atoms with Crippen LogP contribution in [-0.4, -0.2) is 52.3 Å². The van der Waals surface area contributed by atoms with Gasteiger partial charge in [0.1, 0.15) is 0 Å². The molecule has 0 aliphatic carbocycles. The lowest BCUT2D eigenvalue weighted by molar-refractivity contribution is -0.139. The lowest BCUT2D eigenvalue weighted by Crippen LogP contribution is -2.56. The summed E-state index contributed by atoms with van der Waals surface area (Å²) in [6.45, 7) is 7.30. The SMILES string of the molecule is CC(C)CN(Cc1ccccn1)C(=O)C[C@@H]1C(=O)NCCN1Cc1ccccc1. The molecule has 0 unspecified atom stereocenters. The number of aromatic nitrogens is 1. The summed E-state index contributed by atoms with van der Waals surface area (Å²) >= 11 is 0. The van der Waals surface area contributed by atoms with Crippen molar-refractivity contribution in [2.75, 3.05) is 19.6 Å². The van der Waals surface area contributed by atoms with Gasteiger partial charge >= 0.3 is 0 Å². The molecular formula is C23H30N4O2. The Morgan fingerprint density at radius 1 is 1.21 bits per heavy atom. The largest absolute Gasteiger partial charge is 0.353 e. The lowest BCUT2D eigenvalue weighted by Gasteiger charge is -2.36. The number of carbonyl (C=O) groups is 2. The molecule has 1 N–H and O–H groups in total.